The van der Waals surface area contributed by atoms with Crippen LogP contribution in [0.2, 0.25) is 0 Å². The van der Waals surface area contributed by atoms with Crippen LogP contribution in [0.4, 0.5) is 61.5 Å². The van der Waals surface area contributed by atoms with E-state index in [1.54, 1.807) is 0 Å². The Morgan fingerprint density at radius 2 is 0.455 bits per heavy atom. The van der Waals surface area contributed by atoms with E-state index in [-0.39, 0.29) is 0 Å². The average Bonchev–Trinajstić information content (AvgIpc) is 2.18. The van der Waals surface area contributed by atoms with Crippen molar-refractivity contribution < 1.29 is 61.5 Å². The summed E-state index contributed by atoms with van der Waals surface area (Å²) in [5, 5.41) is -13.1. The highest BCUT2D eigenvalue weighted by Crippen LogP contribution is 2.64. The lowest BCUT2D eigenvalue weighted by Crippen LogP contribution is -2.53. The molecule has 0 aliphatic carbocycles. The Balaban J connectivity index is 5.72. The second-order valence-corrected chi connectivity index (χ2v) is 5.81. The van der Waals surface area contributed by atoms with Gasteiger partial charge in [-0.05, 0) is 21.6 Å². The van der Waals surface area contributed by atoms with Crippen LogP contribution < -0.4 is 0 Å². The van der Waals surface area contributed by atoms with Crippen LogP contribution in [0.25, 0.3) is 0 Å². The highest BCUT2D eigenvalue weighted by molar-refractivity contribution is 8.77. The maximum absolute atomic E-state index is 12.9. The molecule has 0 unspecified atom stereocenters. The summed E-state index contributed by atoms with van der Waals surface area (Å²) in [5.74, 6) is 0. The zero-order valence-electron chi connectivity index (χ0n) is 9.11. The highest BCUT2D eigenvalue weighted by atomic mass is 33.1. The van der Waals surface area contributed by atoms with E-state index in [2.05, 4.69) is 0 Å². The van der Waals surface area contributed by atoms with Crippen molar-refractivity contribution in [3.05, 3.63) is 0 Å². The molecule has 0 aromatic rings. The first kappa shape index (κ1) is 21.7. The number of hydrogen-bond donors (Lipinski definition) is 0. The standard InChI is InChI=1S/C6F14S2/c7-1(3(9,10)11,4(12,13)14)21-22-2(8,5(15,16)17)6(18,19)20. The molecule has 0 amide bonds. The minimum Gasteiger partial charge on any atom is -0.210 e. The SMILES string of the molecule is FC(F)(F)C(F)(SSC(F)(C(F)(F)F)C(F)(F)F)C(F)(F)F. The Morgan fingerprint density at radius 1 is 0.318 bits per heavy atom. The molecule has 0 saturated carbocycles. The minimum absolute atomic E-state index is 2.62. The van der Waals surface area contributed by atoms with Gasteiger partial charge >= 0.3 is 34.7 Å². The smallest absolute Gasteiger partial charge is 0.210 e. The Labute approximate surface area is 119 Å². The summed E-state index contributed by atoms with van der Waals surface area (Å²) in [4.78, 5) is 0. The van der Waals surface area contributed by atoms with Gasteiger partial charge in [-0.15, -0.1) is 0 Å². The Morgan fingerprint density at radius 3 is 0.545 bits per heavy atom. The van der Waals surface area contributed by atoms with E-state index in [0.29, 0.717) is 0 Å². The van der Waals surface area contributed by atoms with Crippen molar-refractivity contribution in [3.8, 4) is 0 Å². The molecular weight excluding hydrogens is 402 g/mol. The van der Waals surface area contributed by atoms with Gasteiger partial charge in [-0.3, -0.25) is 0 Å². The number of hydrogen-bond acceptors (Lipinski definition) is 2. The second-order valence-electron chi connectivity index (χ2n) is 3.35. The Kier molecular flexibility index (Phi) is 5.59. The molecule has 0 fully saturated rings. The molecule has 0 radical (unpaired) electrons. The van der Waals surface area contributed by atoms with Gasteiger partial charge in [-0.2, -0.15) is 52.7 Å². The molecule has 0 aromatic carbocycles. The number of rotatable bonds is 3. The molecule has 0 aliphatic heterocycles. The number of halogens is 14. The van der Waals surface area contributed by atoms with Gasteiger partial charge in [-0.1, -0.05) is 0 Å². The van der Waals surface area contributed by atoms with Crippen molar-refractivity contribution in [1.82, 2.24) is 0 Å². The third-order valence-corrected chi connectivity index (χ3v) is 4.83. The van der Waals surface area contributed by atoms with Crippen molar-refractivity contribution in [1.29, 1.82) is 0 Å². The van der Waals surface area contributed by atoms with Crippen LogP contribution in [-0.2, 0) is 0 Å². The van der Waals surface area contributed by atoms with Gasteiger partial charge in [0, 0.05) is 0 Å². The molecule has 0 N–H and O–H groups in total. The van der Waals surface area contributed by atoms with E-state index >= 15 is 0 Å². The molecular formula is C6F14S2. The lowest BCUT2D eigenvalue weighted by molar-refractivity contribution is -0.305. The molecule has 0 spiro atoms. The first-order valence-corrected chi connectivity index (χ1v) is 6.37. The van der Waals surface area contributed by atoms with Crippen LogP contribution in [-0.4, -0.2) is 34.7 Å². The summed E-state index contributed by atoms with van der Waals surface area (Å²) in [6.07, 6.45) is -27.8. The van der Waals surface area contributed by atoms with Gasteiger partial charge in [0.2, 0.25) is 0 Å². The van der Waals surface area contributed by atoms with Gasteiger partial charge < -0.3 is 0 Å². The lowest BCUT2D eigenvalue weighted by atomic mass is 10.3. The van der Waals surface area contributed by atoms with Crippen molar-refractivity contribution >= 4 is 21.6 Å². The first-order chi connectivity index (χ1) is 9.21. The first-order valence-electron chi connectivity index (χ1n) is 4.22. The molecule has 0 aliphatic rings. The number of alkyl halides is 14. The van der Waals surface area contributed by atoms with Crippen molar-refractivity contribution in [2.24, 2.45) is 0 Å². The van der Waals surface area contributed by atoms with E-state index in [1.807, 2.05) is 0 Å². The topological polar surface area (TPSA) is 0 Å². The maximum atomic E-state index is 12.9. The monoisotopic (exact) mass is 402 g/mol. The van der Waals surface area contributed by atoms with E-state index < -0.39 is 56.3 Å². The van der Waals surface area contributed by atoms with Crippen LogP contribution >= 0.6 is 21.6 Å². The minimum atomic E-state index is -6.94. The van der Waals surface area contributed by atoms with Gasteiger partial charge in [0.1, 0.15) is 0 Å². The predicted molar refractivity (Wildman–Crippen MR) is 47.1 cm³/mol. The van der Waals surface area contributed by atoms with Crippen LogP contribution in [0.15, 0.2) is 0 Å². The quantitative estimate of drug-likeness (QED) is 0.423. The average molecular weight is 402 g/mol. The molecule has 134 valence electrons. The fraction of sp³-hybridized carbons (Fsp3) is 1.00. The summed E-state index contributed by atoms with van der Waals surface area (Å²) in [6.45, 7) is 0. The van der Waals surface area contributed by atoms with Gasteiger partial charge in [0.15, 0.2) is 0 Å². The zero-order valence-corrected chi connectivity index (χ0v) is 10.7. The van der Waals surface area contributed by atoms with E-state index in [9.17, 15) is 61.5 Å². The van der Waals surface area contributed by atoms with E-state index in [0.717, 1.165) is 0 Å². The molecule has 16 heteroatoms. The van der Waals surface area contributed by atoms with Gasteiger partial charge in [-0.25, -0.2) is 8.78 Å². The van der Waals surface area contributed by atoms with Crippen LogP contribution in [0.1, 0.15) is 0 Å². The summed E-state index contributed by atoms with van der Waals surface area (Å²) in [5.41, 5.74) is 0. The van der Waals surface area contributed by atoms with Crippen molar-refractivity contribution in [2.75, 3.05) is 0 Å². The largest absolute Gasteiger partial charge is 0.442 e. The van der Waals surface area contributed by atoms with Gasteiger partial charge in [0.05, 0.1) is 0 Å². The normalized spacial score (nSPS) is 16.1. The van der Waals surface area contributed by atoms with Crippen molar-refractivity contribution in [3.63, 3.8) is 0 Å². The van der Waals surface area contributed by atoms with E-state index in [1.165, 1.54) is 0 Å². The molecule has 22 heavy (non-hydrogen) atoms. The molecule has 0 rings (SSSR count). The van der Waals surface area contributed by atoms with E-state index in [4.69, 9.17) is 0 Å². The molecule has 0 heterocycles. The molecule has 0 atom stereocenters. The second kappa shape index (κ2) is 5.66. The summed E-state index contributed by atoms with van der Waals surface area (Å²) < 4.78 is 169. The van der Waals surface area contributed by atoms with Gasteiger partial charge in [0.25, 0.3) is 0 Å². The van der Waals surface area contributed by atoms with Crippen LogP contribution in [0, 0.1) is 0 Å². The van der Waals surface area contributed by atoms with Crippen LogP contribution in [0.3, 0.4) is 0 Å². The predicted octanol–water partition coefficient (Wildman–Crippen LogP) is 5.95. The Hall–Kier alpha value is -0.280. The summed E-state index contributed by atoms with van der Waals surface area (Å²) >= 11 is 0. The Bertz CT molecular complexity index is 318. The summed E-state index contributed by atoms with van der Waals surface area (Å²) in [7, 11) is -5.23. The highest BCUT2D eigenvalue weighted by Gasteiger charge is 2.79. The fourth-order valence-electron chi connectivity index (χ4n) is 0.625. The third kappa shape index (κ3) is 3.79. The molecule has 0 saturated heterocycles. The lowest BCUT2D eigenvalue weighted by Gasteiger charge is -2.33. The molecule has 0 bridgehead atoms. The molecule has 0 nitrogen and oxygen atoms in total. The van der Waals surface area contributed by atoms with Crippen molar-refractivity contribution in [2.45, 2.75) is 34.7 Å². The molecule has 0 aromatic heterocycles. The fourth-order valence-corrected chi connectivity index (χ4v) is 3.06. The maximum Gasteiger partial charge on any atom is 0.442 e. The summed E-state index contributed by atoms with van der Waals surface area (Å²) in [6, 6.07) is 0. The van der Waals surface area contributed by atoms with Crippen LogP contribution in [0.5, 0.6) is 0 Å². The zero-order chi connectivity index (χ0) is 18.4. The third-order valence-electron chi connectivity index (χ3n) is 1.73.